The van der Waals surface area contributed by atoms with Crippen molar-refractivity contribution >= 4 is 11.6 Å². The van der Waals surface area contributed by atoms with E-state index in [0.717, 1.165) is 5.56 Å². The molecule has 0 aliphatic rings. The third-order valence-corrected chi connectivity index (χ3v) is 2.69. The Morgan fingerprint density at radius 1 is 1.35 bits per heavy atom. The summed E-state index contributed by atoms with van der Waals surface area (Å²) >= 11 is 0. The summed E-state index contributed by atoms with van der Waals surface area (Å²) in [4.78, 5) is 19.9. The standard InChI is InChI=1S/C14H16N4O2/c1-20-14-6-10(4-5-16-14)8-18-13(19)7-12-3-2-11(15)9-17-12/h2-6,9H,7-8,15H2,1H3,(H,18,19). The Morgan fingerprint density at radius 3 is 2.90 bits per heavy atom. The number of methoxy groups -OCH3 is 1. The number of carbonyl (C=O) groups excluding carboxylic acids is 1. The summed E-state index contributed by atoms with van der Waals surface area (Å²) in [6.07, 6.45) is 3.40. The van der Waals surface area contributed by atoms with Crippen LogP contribution in [-0.2, 0) is 17.8 Å². The quantitative estimate of drug-likeness (QED) is 0.845. The number of nitrogens with zero attached hydrogens (tertiary/aromatic N) is 2. The monoisotopic (exact) mass is 272 g/mol. The van der Waals surface area contributed by atoms with E-state index in [4.69, 9.17) is 10.5 Å². The molecule has 104 valence electrons. The van der Waals surface area contributed by atoms with Crippen LogP contribution in [0.4, 0.5) is 5.69 Å². The highest BCUT2D eigenvalue weighted by atomic mass is 16.5. The number of hydrogen-bond donors (Lipinski definition) is 2. The number of aromatic nitrogens is 2. The summed E-state index contributed by atoms with van der Waals surface area (Å²) in [5.41, 5.74) is 7.73. The summed E-state index contributed by atoms with van der Waals surface area (Å²) in [5.74, 6) is 0.426. The SMILES string of the molecule is COc1cc(CNC(=O)Cc2ccc(N)cn2)ccn1. The number of nitrogens with one attached hydrogen (secondary N) is 1. The van der Waals surface area contributed by atoms with Gasteiger partial charge in [-0.25, -0.2) is 4.98 Å². The molecule has 6 heteroatoms. The molecule has 0 saturated carbocycles. The summed E-state index contributed by atoms with van der Waals surface area (Å²) in [6, 6.07) is 7.07. The molecule has 0 aromatic carbocycles. The van der Waals surface area contributed by atoms with Gasteiger partial charge in [0.05, 0.1) is 25.4 Å². The maximum absolute atomic E-state index is 11.8. The average molecular weight is 272 g/mol. The van der Waals surface area contributed by atoms with Gasteiger partial charge in [0.2, 0.25) is 11.8 Å². The Labute approximate surface area is 117 Å². The molecule has 1 amide bonds. The van der Waals surface area contributed by atoms with Crippen molar-refractivity contribution in [1.82, 2.24) is 15.3 Å². The van der Waals surface area contributed by atoms with E-state index in [9.17, 15) is 4.79 Å². The molecule has 2 rings (SSSR count). The fourth-order valence-electron chi connectivity index (χ4n) is 1.64. The van der Waals surface area contributed by atoms with Gasteiger partial charge in [-0.1, -0.05) is 0 Å². The van der Waals surface area contributed by atoms with Gasteiger partial charge in [0.25, 0.3) is 0 Å². The Hall–Kier alpha value is -2.63. The molecule has 2 aromatic rings. The normalized spacial score (nSPS) is 10.1. The van der Waals surface area contributed by atoms with Gasteiger partial charge in [0.1, 0.15) is 0 Å². The third kappa shape index (κ3) is 3.94. The van der Waals surface area contributed by atoms with Gasteiger partial charge < -0.3 is 15.8 Å². The second-order valence-electron chi connectivity index (χ2n) is 4.24. The Kier molecular flexibility index (Phi) is 4.49. The van der Waals surface area contributed by atoms with Gasteiger partial charge in [-0.3, -0.25) is 9.78 Å². The molecule has 2 heterocycles. The molecule has 0 aliphatic carbocycles. The van der Waals surface area contributed by atoms with Gasteiger partial charge in [0, 0.05) is 24.5 Å². The lowest BCUT2D eigenvalue weighted by molar-refractivity contribution is -0.120. The maximum Gasteiger partial charge on any atom is 0.226 e. The molecule has 0 unspecified atom stereocenters. The van der Waals surface area contributed by atoms with Crippen LogP contribution in [0.5, 0.6) is 5.88 Å². The molecule has 0 fully saturated rings. The maximum atomic E-state index is 11.8. The van der Waals surface area contributed by atoms with E-state index in [0.29, 0.717) is 23.8 Å². The first kappa shape index (κ1) is 13.8. The van der Waals surface area contributed by atoms with Crippen molar-refractivity contribution in [3.05, 3.63) is 47.9 Å². The predicted molar refractivity (Wildman–Crippen MR) is 75.0 cm³/mol. The molecule has 0 atom stereocenters. The number of ether oxygens (including phenoxy) is 1. The highest BCUT2D eigenvalue weighted by molar-refractivity contribution is 5.78. The van der Waals surface area contributed by atoms with E-state index in [-0.39, 0.29) is 12.3 Å². The minimum absolute atomic E-state index is 0.0990. The molecule has 2 aromatic heterocycles. The minimum Gasteiger partial charge on any atom is -0.481 e. The second-order valence-corrected chi connectivity index (χ2v) is 4.24. The van der Waals surface area contributed by atoms with Crippen molar-refractivity contribution in [2.45, 2.75) is 13.0 Å². The Morgan fingerprint density at radius 2 is 2.20 bits per heavy atom. The Bertz CT molecular complexity index is 584. The third-order valence-electron chi connectivity index (χ3n) is 2.69. The van der Waals surface area contributed by atoms with Crippen LogP contribution in [0.1, 0.15) is 11.3 Å². The number of carbonyl (C=O) groups is 1. The largest absolute Gasteiger partial charge is 0.481 e. The number of pyridine rings is 2. The van der Waals surface area contributed by atoms with Gasteiger partial charge >= 0.3 is 0 Å². The van der Waals surface area contributed by atoms with Gasteiger partial charge in [-0.2, -0.15) is 0 Å². The first-order chi connectivity index (χ1) is 9.67. The number of nitrogen functional groups attached to an aromatic ring is 1. The van der Waals surface area contributed by atoms with E-state index in [1.165, 1.54) is 6.20 Å². The van der Waals surface area contributed by atoms with E-state index in [1.807, 2.05) is 6.07 Å². The molecule has 0 bridgehead atoms. The molecule has 3 N–H and O–H groups in total. The Balaban J connectivity index is 1.87. The van der Waals surface area contributed by atoms with Crippen molar-refractivity contribution in [3.8, 4) is 5.88 Å². The number of nitrogens with two attached hydrogens (primary N) is 1. The van der Waals surface area contributed by atoms with Crippen LogP contribution in [0.2, 0.25) is 0 Å². The van der Waals surface area contributed by atoms with Crippen molar-refractivity contribution in [2.24, 2.45) is 0 Å². The van der Waals surface area contributed by atoms with Crippen molar-refractivity contribution in [1.29, 1.82) is 0 Å². The smallest absolute Gasteiger partial charge is 0.226 e. The van der Waals surface area contributed by atoms with E-state index >= 15 is 0 Å². The zero-order chi connectivity index (χ0) is 14.4. The lowest BCUT2D eigenvalue weighted by Crippen LogP contribution is -2.24. The first-order valence-corrected chi connectivity index (χ1v) is 6.13. The van der Waals surface area contributed by atoms with E-state index in [1.54, 1.807) is 31.5 Å². The van der Waals surface area contributed by atoms with E-state index < -0.39 is 0 Å². The van der Waals surface area contributed by atoms with Crippen LogP contribution >= 0.6 is 0 Å². The molecule has 6 nitrogen and oxygen atoms in total. The molecule has 0 spiro atoms. The highest BCUT2D eigenvalue weighted by Crippen LogP contribution is 2.08. The fourth-order valence-corrected chi connectivity index (χ4v) is 1.64. The lowest BCUT2D eigenvalue weighted by Gasteiger charge is -2.06. The van der Waals surface area contributed by atoms with Crippen LogP contribution < -0.4 is 15.8 Å². The number of anilines is 1. The van der Waals surface area contributed by atoms with Crippen LogP contribution in [-0.4, -0.2) is 23.0 Å². The highest BCUT2D eigenvalue weighted by Gasteiger charge is 2.05. The number of amides is 1. The van der Waals surface area contributed by atoms with Crippen molar-refractivity contribution in [3.63, 3.8) is 0 Å². The van der Waals surface area contributed by atoms with Gasteiger partial charge in [0.15, 0.2) is 0 Å². The summed E-state index contributed by atoms with van der Waals surface area (Å²) in [7, 11) is 1.55. The van der Waals surface area contributed by atoms with Crippen LogP contribution in [0, 0.1) is 0 Å². The van der Waals surface area contributed by atoms with Crippen molar-refractivity contribution < 1.29 is 9.53 Å². The molecular formula is C14H16N4O2. The molecule has 0 aliphatic heterocycles. The van der Waals surface area contributed by atoms with Gasteiger partial charge in [-0.15, -0.1) is 0 Å². The number of hydrogen-bond acceptors (Lipinski definition) is 5. The fraction of sp³-hybridized carbons (Fsp3) is 0.214. The first-order valence-electron chi connectivity index (χ1n) is 6.13. The summed E-state index contributed by atoms with van der Waals surface area (Å²) < 4.78 is 5.02. The molecular weight excluding hydrogens is 256 g/mol. The molecule has 0 radical (unpaired) electrons. The van der Waals surface area contributed by atoms with Gasteiger partial charge in [-0.05, 0) is 23.8 Å². The summed E-state index contributed by atoms with van der Waals surface area (Å²) in [5, 5.41) is 2.82. The minimum atomic E-state index is -0.0990. The zero-order valence-corrected chi connectivity index (χ0v) is 11.2. The van der Waals surface area contributed by atoms with Crippen LogP contribution in [0.3, 0.4) is 0 Å². The van der Waals surface area contributed by atoms with E-state index in [2.05, 4.69) is 15.3 Å². The topological polar surface area (TPSA) is 90.1 Å². The van der Waals surface area contributed by atoms with Crippen molar-refractivity contribution in [2.75, 3.05) is 12.8 Å². The van der Waals surface area contributed by atoms with Crippen LogP contribution in [0.15, 0.2) is 36.7 Å². The number of rotatable bonds is 5. The second kappa shape index (κ2) is 6.51. The molecule has 0 saturated heterocycles. The van der Waals surface area contributed by atoms with Crippen LogP contribution in [0.25, 0.3) is 0 Å². The lowest BCUT2D eigenvalue weighted by atomic mass is 10.2. The molecule has 20 heavy (non-hydrogen) atoms. The summed E-state index contributed by atoms with van der Waals surface area (Å²) in [6.45, 7) is 0.423. The zero-order valence-electron chi connectivity index (χ0n) is 11.2. The average Bonchev–Trinajstić information content (AvgIpc) is 2.48. The predicted octanol–water partition coefficient (Wildman–Crippen LogP) is 0.926.